The second kappa shape index (κ2) is 8.18. The van der Waals surface area contributed by atoms with Gasteiger partial charge in [-0.3, -0.25) is 4.79 Å². The third-order valence-corrected chi connectivity index (χ3v) is 3.63. The lowest BCUT2D eigenvalue weighted by atomic mass is 10.1. The van der Waals surface area contributed by atoms with Crippen LogP contribution in [0.4, 0.5) is 0 Å². The molecule has 0 bridgehead atoms. The van der Waals surface area contributed by atoms with Crippen LogP contribution < -0.4 is 10.2 Å². The highest BCUT2D eigenvalue weighted by Gasteiger charge is 2.10. The molecule has 0 saturated heterocycles. The van der Waals surface area contributed by atoms with Gasteiger partial charge in [0.15, 0.2) is 5.75 Å². The number of carbonyl (C=O) groups excluding carboxylic acids is 1. The predicted molar refractivity (Wildman–Crippen MR) is 98.5 cm³/mol. The van der Waals surface area contributed by atoms with Gasteiger partial charge in [-0.25, -0.2) is 5.43 Å². The molecule has 2 aromatic rings. The summed E-state index contributed by atoms with van der Waals surface area (Å²) in [6, 6.07) is 10.6. The average molecular weight is 365 g/mol. The molecule has 6 heteroatoms. The number of amides is 1. The number of rotatable bonds is 5. The van der Waals surface area contributed by atoms with Crippen LogP contribution in [-0.4, -0.2) is 18.2 Å². The number of ether oxygens (including phenoxy) is 1. The van der Waals surface area contributed by atoms with E-state index >= 15 is 0 Å². The highest BCUT2D eigenvalue weighted by atomic mass is 35.5. The third-order valence-electron chi connectivity index (χ3n) is 3.07. The lowest BCUT2D eigenvalue weighted by Gasteiger charge is -2.13. The van der Waals surface area contributed by atoms with Gasteiger partial charge in [-0.05, 0) is 50.6 Å². The molecule has 2 rings (SSSR count). The summed E-state index contributed by atoms with van der Waals surface area (Å²) in [5.41, 5.74) is 4.75. The summed E-state index contributed by atoms with van der Waals surface area (Å²) in [6.07, 6.45) is 1.44. The van der Waals surface area contributed by atoms with Crippen molar-refractivity contribution in [2.45, 2.75) is 26.9 Å². The maximum atomic E-state index is 12.0. The van der Waals surface area contributed by atoms with Gasteiger partial charge in [0.2, 0.25) is 0 Å². The van der Waals surface area contributed by atoms with Crippen molar-refractivity contribution in [3.63, 3.8) is 0 Å². The second-order valence-corrected chi connectivity index (χ2v) is 6.36. The molecule has 0 aromatic heterocycles. The fourth-order valence-electron chi connectivity index (χ4n) is 1.94. The number of nitrogens with zero attached hydrogens (tertiary/aromatic N) is 1. The van der Waals surface area contributed by atoms with Gasteiger partial charge in [0.05, 0.1) is 22.4 Å². The van der Waals surface area contributed by atoms with Crippen molar-refractivity contribution in [2.24, 2.45) is 5.10 Å². The van der Waals surface area contributed by atoms with E-state index in [0.29, 0.717) is 26.9 Å². The third kappa shape index (κ3) is 4.98. The van der Waals surface area contributed by atoms with Crippen LogP contribution in [0.25, 0.3) is 0 Å². The molecule has 0 aliphatic carbocycles. The zero-order valence-corrected chi connectivity index (χ0v) is 15.2. The molecule has 0 atom stereocenters. The Morgan fingerprint density at radius 1 is 1.17 bits per heavy atom. The summed E-state index contributed by atoms with van der Waals surface area (Å²) >= 11 is 12.3. The van der Waals surface area contributed by atoms with Crippen LogP contribution in [0.5, 0.6) is 5.75 Å². The second-order valence-electron chi connectivity index (χ2n) is 5.55. The summed E-state index contributed by atoms with van der Waals surface area (Å²) in [4.78, 5) is 12.0. The van der Waals surface area contributed by atoms with E-state index < -0.39 is 0 Å². The topological polar surface area (TPSA) is 50.7 Å². The Labute approximate surface area is 151 Å². The number of hydrogen-bond acceptors (Lipinski definition) is 3. The largest absolute Gasteiger partial charge is 0.488 e. The minimum Gasteiger partial charge on any atom is -0.488 e. The molecule has 126 valence electrons. The highest BCUT2D eigenvalue weighted by molar-refractivity contribution is 6.37. The van der Waals surface area contributed by atoms with Gasteiger partial charge in [-0.2, -0.15) is 5.10 Å². The van der Waals surface area contributed by atoms with E-state index in [2.05, 4.69) is 10.5 Å². The van der Waals surface area contributed by atoms with Crippen LogP contribution >= 0.6 is 23.2 Å². The molecule has 0 saturated carbocycles. The maximum absolute atomic E-state index is 12.0. The van der Waals surface area contributed by atoms with Crippen LogP contribution in [0.1, 0.15) is 35.3 Å². The van der Waals surface area contributed by atoms with Gasteiger partial charge in [0.1, 0.15) is 0 Å². The van der Waals surface area contributed by atoms with E-state index in [-0.39, 0.29) is 12.0 Å². The van der Waals surface area contributed by atoms with Crippen molar-refractivity contribution in [1.82, 2.24) is 5.43 Å². The SMILES string of the molecule is Cc1ccc(C(=O)N/N=C\c2cc(Cl)c(OC(C)C)c(Cl)c2)cc1. The normalized spacial score (nSPS) is 11.1. The zero-order chi connectivity index (χ0) is 17.7. The minimum atomic E-state index is -0.289. The lowest BCUT2D eigenvalue weighted by Crippen LogP contribution is -2.17. The Hall–Kier alpha value is -2.04. The summed E-state index contributed by atoms with van der Waals surface area (Å²) in [5.74, 6) is 0.150. The first-order chi connectivity index (χ1) is 11.4. The van der Waals surface area contributed by atoms with Gasteiger partial charge in [0, 0.05) is 5.56 Å². The first-order valence-corrected chi connectivity index (χ1v) is 8.18. The molecule has 0 radical (unpaired) electrons. The number of benzene rings is 2. The molecular formula is C18H18Cl2N2O2. The number of hydrogen-bond donors (Lipinski definition) is 1. The van der Waals surface area contributed by atoms with Crippen molar-refractivity contribution in [2.75, 3.05) is 0 Å². The Morgan fingerprint density at radius 2 is 1.75 bits per heavy atom. The summed E-state index contributed by atoms with van der Waals surface area (Å²) in [7, 11) is 0. The Balaban J connectivity index is 2.06. The molecule has 1 amide bonds. The molecule has 4 nitrogen and oxygen atoms in total. The molecule has 0 aliphatic heterocycles. The predicted octanol–water partition coefficient (Wildman–Crippen LogP) is 4.85. The number of aryl methyl sites for hydroxylation is 1. The minimum absolute atomic E-state index is 0.0340. The lowest BCUT2D eigenvalue weighted by molar-refractivity contribution is 0.0955. The number of halogens is 2. The highest BCUT2D eigenvalue weighted by Crippen LogP contribution is 2.34. The van der Waals surface area contributed by atoms with E-state index in [0.717, 1.165) is 5.56 Å². The van der Waals surface area contributed by atoms with E-state index in [4.69, 9.17) is 27.9 Å². The molecule has 24 heavy (non-hydrogen) atoms. The first kappa shape index (κ1) is 18.3. The number of carbonyl (C=O) groups is 1. The Bertz CT molecular complexity index is 733. The number of hydrazone groups is 1. The van der Waals surface area contributed by atoms with Crippen LogP contribution in [0.15, 0.2) is 41.5 Å². The van der Waals surface area contributed by atoms with Gasteiger partial charge < -0.3 is 4.74 Å². The molecule has 0 heterocycles. The smallest absolute Gasteiger partial charge is 0.271 e. The molecule has 0 spiro atoms. The van der Waals surface area contributed by atoms with Crippen LogP contribution in [0.3, 0.4) is 0 Å². The quantitative estimate of drug-likeness (QED) is 0.608. The fraction of sp³-hybridized carbons (Fsp3) is 0.222. The van der Waals surface area contributed by atoms with Gasteiger partial charge in [-0.1, -0.05) is 40.9 Å². The van der Waals surface area contributed by atoms with E-state index in [9.17, 15) is 4.79 Å². The van der Waals surface area contributed by atoms with Crippen LogP contribution in [0, 0.1) is 6.92 Å². The van der Waals surface area contributed by atoms with Crippen molar-refractivity contribution >= 4 is 35.3 Å². The zero-order valence-electron chi connectivity index (χ0n) is 13.6. The number of nitrogens with one attached hydrogen (secondary N) is 1. The molecule has 2 aromatic carbocycles. The van der Waals surface area contributed by atoms with Crippen molar-refractivity contribution in [3.8, 4) is 5.75 Å². The monoisotopic (exact) mass is 364 g/mol. The van der Waals surface area contributed by atoms with Crippen molar-refractivity contribution in [3.05, 3.63) is 63.1 Å². The van der Waals surface area contributed by atoms with Crippen molar-refractivity contribution < 1.29 is 9.53 Å². The van der Waals surface area contributed by atoms with Crippen LogP contribution in [-0.2, 0) is 0 Å². The maximum Gasteiger partial charge on any atom is 0.271 e. The fourth-order valence-corrected chi connectivity index (χ4v) is 2.53. The average Bonchev–Trinajstić information content (AvgIpc) is 2.51. The molecule has 0 unspecified atom stereocenters. The van der Waals surface area contributed by atoms with Gasteiger partial charge in [0.25, 0.3) is 5.91 Å². The van der Waals surface area contributed by atoms with Crippen LogP contribution in [0.2, 0.25) is 10.0 Å². The summed E-state index contributed by atoms with van der Waals surface area (Å²) in [6.45, 7) is 5.74. The molecule has 0 aliphatic rings. The van der Waals surface area contributed by atoms with E-state index in [1.807, 2.05) is 32.9 Å². The molecule has 0 fully saturated rings. The Kier molecular flexibility index (Phi) is 6.23. The van der Waals surface area contributed by atoms with E-state index in [1.165, 1.54) is 6.21 Å². The first-order valence-electron chi connectivity index (χ1n) is 7.42. The van der Waals surface area contributed by atoms with E-state index in [1.54, 1.807) is 24.3 Å². The summed E-state index contributed by atoms with van der Waals surface area (Å²) < 4.78 is 5.56. The summed E-state index contributed by atoms with van der Waals surface area (Å²) in [5, 5.41) is 4.71. The van der Waals surface area contributed by atoms with Gasteiger partial charge >= 0.3 is 0 Å². The van der Waals surface area contributed by atoms with Gasteiger partial charge in [-0.15, -0.1) is 0 Å². The molecule has 1 N–H and O–H groups in total. The standard InChI is InChI=1S/C18H18Cl2N2O2/c1-11(2)24-17-15(19)8-13(9-16(17)20)10-21-22-18(23)14-6-4-12(3)5-7-14/h4-11H,1-3H3,(H,22,23)/b21-10-. The molecular weight excluding hydrogens is 347 g/mol. The van der Waals surface area contributed by atoms with Crippen molar-refractivity contribution in [1.29, 1.82) is 0 Å². The Morgan fingerprint density at radius 3 is 2.29 bits per heavy atom.